The second-order valence-electron chi connectivity index (χ2n) is 5.02. The minimum absolute atomic E-state index is 0.358. The van der Waals surface area contributed by atoms with Gasteiger partial charge in [0.15, 0.2) is 5.76 Å². The van der Waals surface area contributed by atoms with Crippen molar-refractivity contribution < 1.29 is 9.26 Å². The third kappa shape index (κ3) is 4.25. The van der Waals surface area contributed by atoms with Crippen molar-refractivity contribution in [1.82, 2.24) is 10.5 Å². The van der Waals surface area contributed by atoms with E-state index in [1.807, 2.05) is 31.2 Å². The fourth-order valence-corrected chi connectivity index (χ4v) is 1.97. The Morgan fingerprint density at radius 3 is 2.85 bits per heavy atom. The van der Waals surface area contributed by atoms with Crippen LogP contribution in [0.25, 0.3) is 0 Å². The van der Waals surface area contributed by atoms with Gasteiger partial charge in [-0.25, -0.2) is 0 Å². The molecule has 0 aliphatic heterocycles. The van der Waals surface area contributed by atoms with Crippen LogP contribution in [0.2, 0.25) is 5.02 Å². The molecule has 0 bridgehead atoms. The maximum absolute atomic E-state index is 5.91. The molecule has 1 aromatic carbocycles. The van der Waals surface area contributed by atoms with Crippen LogP contribution in [0, 0.1) is 6.92 Å². The summed E-state index contributed by atoms with van der Waals surface area (Å²) in [6.07, 6.45) is 0. The topological polar surface area (TPSA) is 47.3 Å². The molecule has 1 aromatic heterocycles. The molecular weight excluding hydrogens is 276 g/mol. The van der Waals surface area contributed by atoms with Gasteiger partial charge in [-0.2, -0.15) is 0 Å². The van der Waals surface area contributed by atoms with Gasteiger partial charge < -0.3 is 14.6 Å². The van der Waals surface area contributed by atoms with Gasteiger partial charge in [0.2, 0.25) is 0 Å². The van der Waals surface area contributed by atoms with Gasteiger partial charge >= 0.3 is 0 Å². The zero-order chi connectivity index (χ0) is 14.5. The number of nitrogens with one attached hydrogen (secondary N) is 1. The molecule has 2 rings (SSSR count). The largest absolute Gasteiger partial charge is 0.485 e. The number of ether oxygens (including phenoxy) is 1. The van der Waals surface area contributed by atoms with Gasteiger partial charge in [-0.05, 0) is 30.7 Å². The third-order valence-corrected chi connectivity index (χ3v) is 3.04. The van der Waals surface area contributed by atoms with E-state index in [9.17, 15) is 0 Å². The average Bonchev–Trinajstić information content (AvgIpc) is 2.83. The first-order chi connectivity index (χ1) is 9.54. The van der Waals surface area contributed by atoms with Crippen LogP contribution in [-0.4, -0.2) is 11.2 Å². The first kappa shape index (κ1) is 14.9. The summed E-state index contributed by atoms with van der Waals surface area (Å²) in [5.41, 5.74) is 1.88. The van der Waals surface area contributed by atoms with E-state index in [4.69, 9.17) is 20.9 Å². The molecule has 0 unspecified atom stereocenters. The van der Waals surface area contributed by atoms with Crippen LogP contribution < -0.4 is 10.1 Å². The summed E-state index contributed by atoms with van der Waals surface area (Å²) >= 11 is 5.91. The van der Waals surface area contributed by atoms with Crippen molar-refractivity contribution in [3.05, 3.63) is 46.3 Å². The summed E-state index contributed by atoms with van der Waals surface area (Å²) in [5.74, 6) is 1.51. The van der Waals surface area contributed by atoms with Gasteiger partial charge in [0.25, 0.3) is 0 Å². The zero-order valence-electron chi connectivity index (χ0n) is 11.9. The Kier molecular flexibility index (Phi) is 5.04. The second kappa shape index (κ2) is 6.77. The number of aryl methyl sites for hydroxylation is 1. The van der Waals surface area contributed by atoms with Gasteiger partial charge in [-0.15, -0.1) is 0 Å². The normalized spacial score (nSPS) is 11.1. The van der Waals surface area contributed by atoms with E-state index in [1.54, 1.807) is 0 Å². The molecule has 2 aromatic rings. The maximum Gasteiger partial charge on any atom is 0.174 e. The highest BCUT2D eigenvalue weighted by Gasteiger charge is 2.07. The van der Waals surface area contributed by atoms with Gasteiger partial charge in [-0.1, -0.05) is 30.6 Å². The summed E-state index contributed by atoms with van der Waals surface area (Å²) < 4.78 is 10.9. The monoisotopic (exact) mass is 294 g/mol. The van der Waals surface area contributed by atoms with E-state index in [-0.39, 0.29) is 0 Å². The number of aromatic nitrogens is 1. The first-order valence-corrected chi connectivity index (χ1v) is 6.99. The molecule has 1 heterocycles. The number of hydrogen-bond acceptors (Lipinski definition) is 4. The average molecular weight is 295 g/mol. The summed E-state index contributed by atoms with van der Waals surface area (Å²) in [4.78, 5) is 0. The number of halogens is 1. The molecule has 20 heavy (non-hydrogen) atoms. The number of nitrogens with zero attached hydrogens (tertiary/aromatic N) is 1. The molecule has 0 radical (unpaired) electrons. The molecule has 4 nitrogen and oxygen atoms in total. The number of benzene rings is 1. The maximum atomic E-state index is 5.91. The van der Waals surface area contributed by atoms with Crippen LogP contribution in [0.5, 0.6) is 5.75 Å². The van der Waals surface area contributed by atoms with Crippen molar-refractivity contribution in [3.63, 3.8) is 0 Å². The molecule has 5 heteroatoms. The van der Waals surface area contributed by atoms with Crippen LogP contribution in [-0.2, 0) is 13.2 Å². The second-order valence-corrected chi connectivity index (χ2v) is 5.46. The molecule has 1 N–H and O–H groups in total. The minimum atomic E-state index is 0.358. The van der Waals surface area contributed by atoms with Crippen molar-refractivity contribution in [2.45, 2.75) is 40.0 Å². The summed E-state index contributed by atoms with van der Waals surface area (Å²) in [6.45, 7) is 7.19. The predicted molar refractivity (Wildman–Crippen MR) is 79.0 cm³/mol. The molecular formula is C15H19ClN2O2. The highest BCUT2D eigenvalue weighted by molar-refractivity contribution is 6.30. The van der Waals surface area contributed by atoms with Crippen molar-refractivity contribution in [2.24, 2.45) is 0 Å². The molecule has 0 aliphatic carbocycles. The van der Waals surface area contributed by atoms with E-state index in [2.05, 4.69) is 24.3 Å². The lowest BCUT2D eigenvalue weighted by molar-refractivity contribution is 0.247. The lowest BCUT2D eigenvalue weighted by Crippen LogP contribution is -2.21. The minimum Gasteiger partial charge on any atom is -0.485 e. The molecule has 0 amide bonds. The summed E-state index contributed by atoms with van der Waals surface area (Å²) in [7, 11) is 0. The lowest BCUT2D eigenvalue weighted by atomic mass is 10.2. The Morgan fingerprint density at radius 2 is 2.15 bits per heavy atom. The zero-order valence-corrected chi connectivity index (χ0v) is 12.7. The van der Waals surface area contributed by atoms with Crippen molar-refractivity contribution in [1.29, 1.82) is 0 Å². The smallest absolute Gasteiger partial charge is 0.174 e. The lowest BCUT2D eigenvalue weighted by Gasteiger charge is -2.07. The molecule has 0 fully saturated rings. The fourth-order valence-electron chi connectivity index (χ4n) is 1.74. The van der Waals surface area contributed by atoms with Gasteiger partial charge in [0.1, 0.15) is 12.4 Å². The fraction of sp³-hybridized carbons (Fsp3) is 0.400. The highest BCUT2D eigenvalue weighted by Crippen LogP contribution is 2.22. The molecule has 0 saturated carbocycles. The van der Waals surface area contributed by atoms with Crippen LogP contribution in [0.4, 0.5) is 0 Å². The molecule has 0 atom stereocenters. The van der Waals surface area contributed by atoms with Gasteiger partial charge in [0.05, 0.1) is 5.69 Å². The molecule has 0 aliphatic rings. The summed E-state index contributed by atoms with van der Waals surface area (Å²) in [6, 6.07) is 7.86. The van der Waals surface area contributed by atoms with Crippen LogP contribution in [0.15, 0.2) is 28.8 Å². The van der Waals surface area contributed by atoms with Crippen LogP contribution in [0.1, 0.15) is 30.9 Å². The number of rotatable bonds is 6. The Bertz CT molecular complexity index is 567. The quantitative estimate of drug-likeness (QED) is 0.882. The van der Waals surface area contributed by atoms with Gasteiger partial charge in [0, 0.05) is 23.7 Å². The highest BCUT2D eigenvalue weighted by atomic mass is 35.5. The standard InChI is InChI=1S/C15H19ClN2O2/c1-10(2)17-8-13-7-14(20-18-13)9-19-15-5-4-12(16)6-11(15)3/h4-7,10,17H,8-9H2,1-3H3. The Balaban J connectivity index is 1.90. The van der Waals surface area contributed by atoms with Crippen LogP contribution in [0.3, 0.4) is 0 Å². The van der Waals surface area contributed by atoms with Crippen LogP contribution >= 0.6 is 11.6 Å². The van der Waals surface area contributed by atoms with Crippen molar-refractivity contribution >= 4 is 11.6 Å². The van der Waals surface area contributed by atoms with E-state index < -0.39 is 0 Å². The Hall–Kier alpha value is -1.52. The molecule has 108 valence electrons. The van der Waals surface area contributed by atoms with E-state index in [1.165, 1.54) is 0 Å². The Labute approximate surface area is 124 Å². The third-order valence-electron chi connectivity index (χ3n) is 2.81. The van der Waals surface area contributed by atoms with E-state index in [0.29, 0.717) is 30.0 Å². The number of hydrogen-bond donors (Lipinski definition) is 1. The molecule has 0 saturated heterocycles. The van der Waals surface area contributed by atoms with E-state index >= 15 is 0 Å². The van der Waals surface area contributed by atoms with E-state index in [0.717, 1.165) is 17.0 Å². The van der Waals surface area contributed by atoms with Crippen molar-refractivity contribution in [3.8, 4) is 5.75 Å². The molecule has 0 spiro atoms. The predicted octanol–water partition coefficient (Wildman–Crippen LogP) is 3.71. The summed E-state index contributed by atoms with van der Waals surface area (Å²) in [5, 5.41) is 7.99. The first-order valence-electron chi connectivity index (χ1n) is 6.61. The Morgan fingerprint density at radius 1 is 1.35 bits per heavy atom. The SMILES string of the molecule is Cc1cc(Cl)ccc1OCc1cc(CNC(C)C)no1. The van der Waals surface area contributed by atoms with Crippen molar-refractivity contribution in [2.75, 3.05) is 0 Å². The van der Waals surface area contributed by atoms with Gasteiger partial charge in [-0.3, -0.25) is 0 Å².